The van der Waals surface area contributed by atoms with Crippen molar-refractivity contribution in [3.05, 3.63) is 71.5 Å². The van der Waals surface area contributed by atoms with Crippen LogP contribution in [0.5, 0.6) is 6.01 Å². The lowest BCUT2D eigenvalue weighted by molar-refractivity contribution is -0.131. The van der Waals surface area contributed by atoms with E-state index < -0.39 is 48.5 Å². The number of nitrogens with zero attached hydrogens (tertiary/aromatic N) is 8. The van der Waals surface area contributed by atoms with Gasteiger partial charge in [0.15, 0.2) is 11.6 Å². The molecule has 2 aliphatic rings. The van der Waals surface area contributed by atoms with Crippen LogP contribution in [0.3, 0.4) is 0 Å². The van der Waals surface area contributed by atoms with Crippen LogP contribution in [0.25, 0.3) is 37.8 Å². The molecule has 0 unspecified atom stereocenters. The van der Waals surface area contributed by atoms with E-state index in [-0.39, 0.29) is 61.2 Å². The van der Waals surface area contributed by atoms with Crippen LogP contribution in [-0.2, 0) is 4.79 Å². The van der Waals surface area contributed by atoms with Crippen molar-refractivity contribution in [3.8, 4) is 17.3 Å². The van der Waals surface area contributed by atoms with Crippen molar-refractivity contribution in [2.45, 2.75) is 24.4 Å². The summed E-state index contributed by atoms with van der Waals surface area (Å²) in [4.78, 5) is 37.8. The van der Waals surface area contributed by atoms with Gasteiger partial charge in [-0.15, -0.1) is 0 Å². The highest BCUT2D eigenvalue weighted by Gasteiger charge is 2.43. The Morgan fingerprint density at radius 1 is 1.22 bits per heavy atom. The minimum Gasteiger partial charge on any atom is -0.462 e. The second-order valence-corrected chi connectivity index (χ2v) is 11.7. The molecule has 0 N–H and O–H groups in total. The Kier molecular flexibility index (Phi) is 8.39. The average Bonchev–Trinajstić information content (AvgIpc) is 3.30. The lowest BCUT2D eigenvalue weighted by Gasteiger charge is -2.39. The number of carbonyl (C=O) groups is 1. The number of amides is 1. The van der Waals surface area contributed by atoms with Crippen molar-refractivity contribution in [2.24, 2.45) is 0 Å². The summed E-state index contributed by atoms with van der Waals surface area (Å²) in [7, 11) is 1.56. The maximum Gasteiger partial charge on any atom is 0.319 e. The van der Waals surface area contributed by atoms with Crippen LogP contribution in [0.15, 0.2) is 49.2 Å². The number of ether oxygens (including phenoxy) is 1. The molecule has 1 aromatic carbocycles. The summed E-state index contributed by atoms with van der Waals surface area (Å²) in [5.41, 5.74) is 0.0967. The first-order chi connectivity index (χ1) is 22.0. The van der Waals surface area contributed by atoms with E-state index in [1.54, 1.807) is 36.3 Å². The fourth-order valence-corrected chi connectivity index (χ4v) is 6.32. The first kappa shape index (κ1) is 31.4. The van der Waals surface area contributed by atoms with E-state index in [1.165, 1.54) is 22.2 Å². The Labute approximate surface area is 266 Å². The van der Waals surface area contributed by atoms with Crippen molar-refractivity contribution in [1.29, 1.82) is 0 Å². The molecule has 6 rings (SSSR count). The van der Waals surface area contributed by atoms with E-state index in [9.17, 15) is 18.0 Å². The Balaban J connectivity index is 1.44. The highest BCUT2D eigenvalue weighted by Crippen LogP contribution is 2.37. The van der Waals surface area contributed by atoms with E-state index in [0.29, 0.717) is 21.4 Å². The normalized spacial score (nSPS) is 19.8. The predicted molar refractivity (Wildman–Crippen MR) is 164 cm³/mol. The molecule has 0 saturated carbocycles. The summed E-state index contributed by atoms with van der Waals surface area (Å²) in [6.07, 6.45) is 4.03. The van der Waals surface area contributed by atoms with E-state index in [4.69, 9.17) is 22.9 Å². The molecule has 10 nitrogen and oxygen atoms in total. The Hall–Kier alpha value is -4.61. The minimum absolute atomic E-state index is 0.0275. The number of likely N-dealkylation sites (tertiary alicyclic amines) is 1. The number of pyridine rings is 2. The zero-order chi connectivity index (χ0) is 32.7. The van der Waals surface area contributed by atoms with Crippen LogP contribution < -0.4 is 9.64 Å². The molecule has 0 spiro atoms. The largest absolute Gasteiger partial charge is 0.462 e. The molecular formula is C31H27ClF4N8O2. The van der Waals surface area contributed by atoms with E-state index in [2.05, 4.69) is 31.4 Å². The number of carbonyl (C=O) groups excluding carboxylic acids is 1. The monoisotopic (exact) mass is 654 g/mol. The molecule has 0 radical (unpaired) electrons. The van der Waals surface area contributed by atoms with E-state index in [0.717, 1.165) is 0 Å². The maximum atomic E-state index is 16.6. The van der Waals surface area contributed by atoms with Gasteiger partial charge < -0.3 is 19.4 Å². The smallest absolute Gasteiger partial charge is 0.319 e. The van der Waals surface area contributed by atoms with Crippen molar-refractivity contribution in [1.82, 2.24) is 29.7 Å². The summed E-state index contributed by atoms with van der Waals surface area (Å²) in [6, 6.07) is 3.59. The second kappa shape index (κ2) is 12.3. The van der Waals surface area contributed by atoms with Crippen LogP contribution in [0.1, 0.15) is 6.42 Å². The van der Waals surface area contributed by atoms with Crippen molar-refractivity contribution >= 4 is 45.0 Å². The zero-order valence-electron chi connectivity index (χ0n) is 24.6. The van der Waals surface area contributed by atoms with Gasteiger partial charge >= 0.3 is 6.01 Å². The number of hydrogen-bond donors (Lipinski definition) is 0. The summed E-state index contributed by atoms with van der Waals surface area (Å²) in [5.74, 6) is -5.56. The first-order valence-electron chi connectivity index (χ1n) is 14.3. The number of aromatic nitrogens is 4. The average molecular weight is 655 g/mol. The quantitative estimate of drug-likeness (QED) is 0.153. The van der Waals surface area contributed by atoms with Gasteiger partial charge in [-0.3, -0.25) is 19.7 Å². The minimum atomic E-state index is -2.88. The van der Waals surface area contributed by atoms with Crippen LogP contribution in [0, 0.1) is 12.4 Å². The third-order valence-electron chi connectivity index (χ3n) is 8.25. The molecule has 2 aliphatic heterocycles. The van der Waals surface area contributed by atoms with Crippen LogP contribution in [-0.4, -0.2) is 100 Å². The SMILES string of the molecule is [C-]#[N+]C[C@H]1CN(c2nc(OC[C@@H]3CC(F)(F)CN3C)nc3c(F)c(-c4cncc5cccc(Cl)c45)ncc23)CCN1C(=O)C(=C)F. The summed E-state index contributed by atoms with van der Waals surface area (Å²) in [5, 5.41) is 1.78. The fraction of sp³-hybridized carbons (Fsp3) is 0.355. The molecule has 238 valence electrons. The lowest BCUT2D eigenvalue weighted by atomic mass is 10.0. The third-order valence-corrected chi connectivity index (χ3v) is 8.57. The number of likely N-dealkylation sites (N-methyl/N-ethyl adjacent to an activating group) is 1. The van der Waals surface area contributed by atoms with Crippen molar-refractivity contribution in [3.63, 3.8) is 0 Å². The van der Waals surface area contributed by atoms with E-state index >= 15 is 4.39 Å². The van der Waals surface area contributed by atoms with Crippen molar-refractivity contribution < 1.29 is 27.1 Å². The standard InChI is InChI=1S/C31H27ClF4N8O2/c1-17(33)29(45)44-8-7-43(14-20(44)11-37-2)28-22-13-39-26(21-12-38-10-18-5-4-6-23(32)24(18)21)25(34)27(22)40-30(41-28)46-15-19-9-31(35,36)16-42(19)3/h4-6,10,12-13,19-20H,1,7-9,11,14-16H2,3H3/t19-,20-/m0/s1. The second-order valence-electron chi connectivity index (χ2n) is 11.3. The molecule has 2 saturated heterocycles. The van der Waals surface area contributed by atoms with Gasteiger partial charge in [-0.25, -0.2) is 24.1 Å². The van der Waals surface area contributed by atoms with Gasteiger partial charge in [0.05, 0.1) is 11.9 Å². The van der Waals surface area contributed by atoms with Crippen LogP contribution in [0.2, 0.25) is 5.02 Å². The molecule has 46 heavy (non-hydrogen) atoms. The van der Waals surface area contributed by atoms with Gasteiger partial charge in [-0.2, -0.15) is 9.97 Å². The first-order valence-corrected chi connectivity index (χ1v) is 14.7. The van der Waals surface area contributed by atoms with Gasteiger partial charge in [0.25, 0.3) is 11.8 Å². The number of fused-ring (bicyclic) bond motifs is 2. The zero-order valence-corrected chi connectivity index (χ0v) is 25.3. The summed E-state index contributed by atoms with van der Waals surface area (Å²) >= 11 is 6.50. The molecule has 15 heteroatoms. The Morgan fingerprint density at radius 2 is 2.02 bits per heavy atom. The van der Waals surface area contributed by atoms with Gasteiger partial charge in [0.2, 0.25) is 6.54 Å². The number of benzene rings is 1. The van der Waals surface area contributed by atoms with Gasteiger partial charge in [0, 0.05) is 72.0 Å². The van der Waals surface area contributed by atoms with Gasteiger partial charge in [-0.05, 0) is 13.1 Å². The van der Waals surface area contributed by atoms with Gasteiger partial charge in [0.1, 0.15) is 29.7 Å². The maximum absolute atomic E-state index is 16.6. The fourth-order valence-electron chi connectivity index (χ4n) is 6.03. The van der Waals surface area contributed by atoms with Crippen LogP contribution >= 0.6 is 11.6 Å². The Morgan fingerprint density at radius 3 is 2.74 bits per heavy atom. The number of piperazine rings is 1. The number of rotatable bonds is 7. The molecule has 5 heterocycles. The highest BCUT2D eigenvalue weighted by atomic mass is 35.5. The number of anilines is 1. The third kappa shape index (κ3) is 5.88. The number of halogens is 5. The number of alkyl halides is 2. The molecule has 4 aromatic rings. The molecule has 3 aromatic heterocycles. The highest BCUT2D eigenvalue weighted by molar-refractivity contribution is 6.36. The predicted octanol–water partition coefficient (Wildman–Crippen LogP) is 5.17. The molecule has 2 atom stereocenters. The number of hydrogen-bond acceptors (Lipinski definition) is 8. The molecular weight excluding hydrogens is 628 g/mol. The van der Waals surface area contributed by atoms with Crippen molar-refractivity contribution in [2.75, 3.05) is 51.3 Å². The summed E-state index contributed by atoms with van der Waals surface area (Å²) in [6.45, 7) is 9.95. The van der Waals surface area contributed by atoms with E-state index in [1.807, 2.05) is 0 Å². The Bertz CT molecular complexity index is 1900. The molecule has 0 aliphatic carbocycles. The molecule has 1 amide bonds. The molecule has 0 bridgehead atoms. The van der Waals surface area contributed by atoms with Gasteiger partial charge in [-0.1, -0.05) is 30.3 Å². The van der Waals surface area contributed by atoms with Crippen LogP contribution in [0.4, 0.5) is 23.4 Å². The summed E-state index contributed by atoms with van der Waals surface area (Å²) < 4.78 is 64.2. The lowest BCUT2D eigenvalue weighted by Crippen LogP contribution is -2.56. The molecule has 2 fully saturated rings. The topological polar surface area (TPSA) is 91.9 Å².